The van der Waals surface area contributed by atoms with Crippen molar-refractivity contribution < 1.29 is 0 Å². The molecule has 0 bridgehead atoms. The van der Waals surface area contributed by atoms with E-state index in [0.717, 1.165) is 23.2 Å². The lowest BCUT2D eigenvalue weighted by Crippen LogP contribution is -2.40. The van der Waals surface area contributed by atoms with Gasteiger partial charge in [-0.1, -0.05) is 57.0 Å². The number of hydrogen-bond acceptors (Lipinski definition) is 1. The standard InChI is InChI=1S/C14H30BrN/c1-6-13(9-15)11-16(10-12(4)5)14(7-2)8-3/h12-14H,6-11H2,1-5H3. The van der Waals surface area contributed by atoms with Crippen molar-refractivity contribution in [2.75, 3.05) is 18.4 Å². The molecule has 0 spiro atoms. The van der Waals surface area contributed by atoms with Gasteiger partial charge in [-0.15, -0.1) is 0 Å². The maximum atomic E-state index is 3.64. The highest BCUT2D eigenvalue weighted by molar-refractivity contribution is 9.09. The maximum Gasteiger partial charge on any atom is 0.00902 e. The minimum Gasteiger partial charge on any atom is -0.300 e. The van der Waals surface area contributed by atoms with E-state index < -0.39 is 0 Å². The Morgan fingerprint density at radius 3 is 1.81 bits per heavy atom. The summed E-state index contributed by atoms with van der Waals surface area (Å²) in [5.74, 6) is 1.58. The van der Waals surface area contributed by atoms with E-state index in [0.29, 0.717) is 0 Å². The SMILES string of the molecule is CCC(CBr)CN(CC(C)C)C(CC)CC. The molecule has 98 valence electrons. The van der Waals surface area contributed by atoms with Gasteiger partial charge in [0.1, 0.15) is 0 Å². The van der Waals surface area contributed by atoms with Crippen molar-refractivity contribution in [3.63, 3.8) is 0 Å². The number of halogens is 1. The Labute approximate surface area is 111 Å². The Hall–Kier alpha value is 0.440. The third-order valence-corrected chi connectivity index (χ3v) is 4.26. The molecule has 0 amide bonds. The molecule has 2 heteroatoms. The minimum atomic E-state index is 0.772. The molecule has 0 aromatic carbocycles. The van der Waals surface area contributed by atoms with Crippen molar-refractivity contribution in [2.24, 2.45) is 11.8 Å². The highest BCUT2D eigenvalue weighted by Gasteiger charge is 2.19. The van der Waals surface area contributed by atoms with Crippen LogP contribution in [0.5, 0.6) is 0 Å². The van der Waals surface area contributed by atoms with Gasteiger partial charge in [-0.2, -0.15) is 0 Å². The number of hydrogen-bond donors (Lipinski definition) is 0. The number of nitrogens with zero attached hydrogens (tertiary/aromatic N) is 1. The fourth-order valence-electron chi connectivity index (χ4n) is 2.27. The molecule has 16 heavy (non-hydrogen) atoms. The van der Waals surface area contributed by atoms with Crippen molar-refractivity contribution in [2.45, 2.75) is 59.9 Å². The van der Waals surface area contributed by atoms with Crippen molar-refractivity contribution >= 4 is 15.9 Å². The van der Waals surface area contributed by atoms with Crippen LogP contribution in [0, 0.1) is 11.8 Å². The van der Waals surface area contributed by atoms with Crippen molar-refractivity contribution in [1.29, 1.82) is 0 Å². The summed E-state index contributed by atoms with van der Waals surface area (Å²) in [7, 11) is 0. The summed E-state index contributed by atoms with van der Waals surface area (Å²) in [6.07, 6.45) is 3.84. The molecule has 1 nitrogen and oxygen atoms in total. The molecule has 0 saturated carbocycles. The molecule has 0 fully saturated rings. The Kier molecular flexibility index (Phi) is 9.73. The largest absolute Gasteiger partial charge is 0.300 e. The third-order valence-electron chi connectivity index (χ3n) is 3.35. The summed E-state index contributed by atoms with van der Waals surface area (Å²) in [5.41, 5.74) is 0. The highest BCUT2D eigenvalue weighted by Crippen LogP contribution is 2.16. The number of alkyl halides is 1. The fraction of sp³-hybridized carbons (Fsp3) is 1.00. The number of rotatable bonds is 9. The van der Waals surface area contributed by atoms with E-state index in [1.807, 2.05) is 0 Å². The summed E-state index contributed by atoms with van der Waals surface area (Å²) in [6, 6.07) is 0.774. The Morgan fingerprint density at radius 2 is 1.50 bits per heavy atom. The van der Waals surface area contributed by atoms with E-state index in [-0.39, 0.29) is 0 Å². The first-order chi connectivity index (χ1) is 7.58. The van der Waals surface area contributed by atoms with Crippen LogP contribution in [0.15, 0.2) is 0 Å². The maximum absolute atomic E-state index is 3.64. The fourth-order valence-corrected chi connectivity index (χ4v) is 2.93. The van der Waals surface area contributed by atoms with Gasteiger partial charge in [-0.25, -0.2) is 0 Å². The molecule has 0 saturated heterocycles. The smallest absolute Gasteiger partial charge is 0.00902 e. The van der Waals surface area contributed by atoms with Crippen LogP contribution < -0.4 is 0 Å². The van der Waals surface area contributed by atoms with E-state index in [1.165, 1.54) is 32.4 Å². The van der Waals surface area contributed by atoms with E-state index >= 15 is 0 Å². The summed E-state index contributed by atoms with van der Waals surface area (Å²) in [6.45, 7) is 14.1. The second-order valence-electron chi connectivity index (χ2n) is 5.25. The van der Waals surface area contributed by atoms with Crippen molar-refractivity contribution in [1.82, 2.24) is 4.90 Å². The van der Waals surface area contributed by atoms with E-state index in [2.05, 4.69) is 55.4 Å². The van der Waals surface area contributed by atoms with Gasteiger partial charge in [-0.3, -0.25) is 4.90 Å². The van der Waals surface area contributed by atoms with Gasteiger partial charge in [-0.05, 0) is 24.7 Å². The van der Waals surface area contributed by atoms with Crippen LogP contribution in [0.25, 0.3) is 0 Å². The van der Waals surface area contributed by atoms with E-state index in [4.69, 9.17) is 0 Å². The van der Waals surface area contributed by atoms with Gasteiger partial charge in [0.2, 0.25) is 0 Å². The Bertz CT molecular complexity index is 151. The zero-order chi connectivity index (χ0) is 12.6. The molecule has 0 aliphatic heterocycles. The molecule has 1 atom stereocenters. The molecular formula is C14H30BrN. The average Bonchev–Trinajstić information content (AvgIpc) is 2.26. The van der Waals surface area contributed by atoms with Crippen molar-refractivity contribution in [3.05, 3.63) is 0 Å². The van der Waals surface area contributed by atoms with E-state index in [1.54, 1.807) is 0 Å². The predicted octanol–water partition coefficient (Wildman–Crippen LogP) is 4.55. The van der Waals surface area contributed by atoms with Gasteiger partial charge in [0, 0.05) is 24.5 Å². The Balaban J connectivity index is 4.39. The van der Waals surface area contributed by atoms with Gasteiger partial charge in [0.25, 0.3) is 0 Å². The topological polar surface area (TPSA) is 3.24 Å². The van der Waals surface area contributed by atoms with Crippen LogP contribution >= 0.6 is 15.9 Å². The first-order valence-corrected chi connectivity index (χ1v) is 8.00. The Morgan fingerprint density at radius 1 is 0.938 bits per heavy atom. The van der Waals surface area contributed by atoms with Gasteiger partial charge in [0.15, 0.2) is 0 Å². The molecule has 0 aliphatic carbocycles. The summed E-state index contributed by atoms with van der Waals surface area (Å²) in [5, 5.41) is 1.14. The third kappa shape index (κ3) is 6.24. The van der Waals surface area contributed by atoms with Crippen molar-refractivity contribution in [3.8, 4) is 0 Å². The normalized spacial score (nSPS) is 14.1. The molecule has 0 aliphatic rings. The predicted molar refractivity (Wildman–Crippen MR) is 78.4 cm³/mol. The van der Waals surface area contributed by atoms with Crippen LogP contribution in [0.4, 0.5) is 0 Å². The lowest BCUT2D eigenvalue weighted by Gasteiger charge is -2.34. The molecule has 1 unspecified atom stereocenters. The second-order valence-corrected chi connectivity index (χ2v) is 5.89. The molecule has 0 aromatic heterocycles. The quantitative estimate of drug-likeness (QED) is 0.563. The molecule has 0 heterocycles. The summed E-state index contributed by atoms with van der Waals surface area (Å²) >= 11 is 3.64. The van der Waals surface area contributed by atoms with Crippen LogP contribution in [-0.2, 0) is 0 Å². The lowest BCUT2D eigenvalue weighted by molar-refractivity contribution is 0.144. The first-order valence-electron chi connectivity index (χ1n) is 6.88. The van der Waals surface area contributed by atoms with Crippen LogP contribution in [0.1, 0.15) is 53.9 Å². The van der Waals surface area contributed by atoms with Crippen LogP contribution in [-0.4, -0.2) is 29.4 Å². The first kappa shape index (κ1) is 16.4. The molecule has 0 aromatic rings. The lowest BCUT2D eigenvalue weighted by atomic mass is 10.0. The van der Waals surface area contributed by atoms with Gasteiger partial charge >= 0.3 is 0 Å². The molecule has 0 rings (SSSR count). The minimum absolute atomic E-state index is 0.772. The molecule has 0 radical (unpaired) electrons. The van der Waals surface area contributed by atoms with Gasteiger partial charge < -0.3 is 0 Å². The zero-order valence-corrected chi connectivity index (χ0v) is 13.4. The monoisotopic (exact) mass is 291 g/mol. The zero-order valence-electron chi connectivity index (χ0n) is 11.8. The highest BCUT2D eigenvalue weighted by atomic mass is 79.9. The molecular weight excluding hydrogens is 262 g/mol. The summed E-state index contributed by atoms with van der Waals surface area (Å²) in [4.78, 5) is 2.71. The average molecular weight is 292 g/mol. The molecule has 0 N–H and O–H groups in total. The van der Waals surface area contributed by atoms with Gasteiger partial charge in [0.05, 0.1) is 0 Å². The van der Waals surface area contributed by atoms with Crippen LogP contribution in [0.2, 0.25) is 0 Å². The second kappa shape index (κ2) is 9.47. The van der Waals surface area contributed by atoms with E-state index in [9.17, 15) is 0 Å². The van der Waals surface area contributed by atoms with Crippen LogP contribution in [0.3, 0.4) is 0 Å². The summed E-state index contributed by atoms with van der Waals surface area (Å²) < 4.78 is 0.